The van der Waals surface area contributed by atoms with Crippen molar-refractivity contribution < 1.29 is 28.6 Å². The van der Waals surface area contributed by atoms with E-state index in [0.29, 0.717) is 24.6 Å². The lowest BCUT2D eigenvalue weighted by atomic mass is 9.82. The van der Waals surface area contributed by atoms with Crippen LogP contribution in [0.4, 0.5) is 5.82 Å². The van der Waals surface area contributed by atoms with E-state index in [1.54, 1.807) is 20.8 Å². The van der Waals surface area contributed by atoms with Crippen molar-refractivity contribution in [3.63, 3.8) is 0 Å². The predicted octanol–water partition coefficient (Wildman–Crippen LogP) is 1.63. The Morgan fingerprint density at radius 3 is 2.09 bits per heavy atom. The van der Waals surface area contributed by atoms with Crippen LogP contribution in [0.15, 0.2) is 6.07 Å². The van der Waals surface area contributed by atoms with Crippen LogP contribution >= 0.6 is 12.4 Å². The Bertz CT molecular complexity index is 936. The van der Waals surface area contributed by atoms with Gasteiger partial charge in [-0.3, -0.25) is 9.59 Å². The van der Waals surface area contributed by atoms with E-state index in [9.17, 15) is 19.6 Å². The van der Waals surface area contributed by atoms with Crippen LogP contribution in [0.3, 0.4) is 0 Å². The second-order valence-corrected chi connectivity index (χ2v) is 8.39. The van der Waals surface area contributed by atoms with Gasteiger partial charge in [0.25, 0.3) is 0 Å². The molecule has 2 saturated heterocycles. The maximum Gasteiger partial charge on any atom is 0.340 e. The highest BCUT2D eigenvalue weighted by Gasteiger charge is 2.47. The molecule has 0 aliphatic carbocycles. The smallest absolute Gasteiger partial charge is 0.340 e. The number of nitrogens with one attached hydrogen (secondary N) is 1. The summed E-state index contributed by atoms with van der Waals surface area (Å²) in [4.78, 5) is 40.7. The molecule has 3 rings (SSSR count). The quantitative estimate of drug-likeness (QED) is 0.487. The average molecular weight is 483 g/mol. The van der Waals surface area contributed by atoms with E-state index in [4.69, 9.17) is 9.47 Å². The Labute approximate surface area is 200 Å². The number of nitriles is 1. The molecular formula is C22H31ClN4O6. The molecule has 0 spiro atoms. The van der Waals surface area contributed by atoms with Gasteiger partial charge in [0, 0.05) is 26.2 Å². The monoisotopic (exact) mass is 482 g/mol. The van der Waals surface area contributed by atoms with Crippen LogP contribution in [0.25, 0.3) is 0 Å². The molecule has 2 aliphatic heterocycles. The number of esters is 3. The van der Waals surface area contributed by atoms with E-state index in [1.807, 2.05) is 11.8 Å². The molecule has 33 heavy (non-hydrogen) atoms. The molecule has 182 valence electrons. The van der Waals surface area contributed by atoms with Crippen LogP contribution in [0.1, 0.15) is 42.4 Å². The van der Waals surface area contributed by atoms with Crippen molar-refractivity contribution >= 4 is 36.1 Å². The molecule has 11 heteroatoms. The highest BCUT2D eigenvalue weighted by molar-refractivity contribution is 5.91. The first kappa shape index (κ1) is 28.1. The number of nitrogens with zero attached hydrogens (tertiary/aromatic N) is 3. The molecule has 0 saturated carbocycles. The Hall–Kier alpha value is -2.90. The van der Waals surface area contributed by atoms with Gasteiger partial charge in [0.1, 0.15) is 17.3 Å². The van der Waals surface area contributed by atoms with Crippen molar-refractivity contribution in [3.05, 3.63) is 22.9 Å². The van der Waals surface area contributed by atoms with Gasteiger partial charge in [-0.25, -0.2) is 9.78 Å². The lowest BCUT2D eigenvalue weighted by Crippen LogP contribution is -2.59. The number of methoxy groups -OCH3 is 2. The fourth-order valence-corrected chi connectivity index (χ4v) is 3.54. The Morgan fingerprint density at radius 1 is 1.15 bits per heavy atom. The van der Waals surface area contributed by atoms with Crippen molar-refractivity contribution in [3.8, 4) is 6.07 Å². The SMILES string of the molecule is CCOC(=O)c1cc(C#N)c(N2CC(C)(C(=O)OC)C2)nc1C.COC(=O)C1(C)CNC1.Cl. The fraction of sp³-hybridized carbons (Fsp3) is 0.591. The van der Waals surface area contributed by atoms with E-state index in [1.165, 1.54) is 20.3 Å². The first-order valence-corrected chi connectivity index (χ1v) is 10.3. The average Bonchev–Trinajstić information content (AvgIpc) is 2.74. The van der Waals surface area contributed by atoms with Crippen molar-refractivity contribution in [1.29, 1.82) is 5.26 Å². The maximum absolute atomic E-state index is 11.9. The number of hydrogen-bond acceptors (Lipinski definition) is 10. The van der Waals surface area contributed by atoms with Gasteiger partial charge in [-0.15, -0.1) is 12.4 Å². The topological polar surface area (TPSA) is 131 Å². The van der Waals surface area contributed by atoms with Crippen molar-refractivity contribution in [2.24, 2.45) is 10.8 Å². The second kappa shape index (κ2) is 11.3. The molecule has 0 bridgehead atoms. The van der Waals surface area contributed by atoms with E-state index < -0.39 is 11.4 Å². The summed E-state index contributed by atoms with van der Waals surface area (Å²) in [6.45, 7) is 9.70. The molecule has 0 radical (unpaired) electrons. The number of halogens is 1. The molecule has 1 aromatic heterocycles. The summed E-state index contributed by atoms with van der Waals surface area (Å²) in [5, 5.41) is 12.4. The number of ether oxygens (including phenoxy) is 3. The maximum atomic E-state index is 11.9. The Balaban J connectivity index is 0.000000458. The molecule has 2 aliphatic rings. The predicted molar refractivity (Wildman–Crippen MR) is 122 cm³/mol. The van der Waals surface area contributed by atoms with Gasteiger partial charge in [0.05, 0.1) is 43.1 Å². The summed E-state index contributed by atoms with van der Waals surface area (Å²) in [6, 6.07) is 3.54. The number of rotatable bonds is 5. The lowest BCUT2D eigenvalue weighted by Gasteiger charge is -2.46. The van der Waals surface area contributed by atoms with Crippen LogP contribution in [-0.4, -0.2) is 69.9 Å². The molecule has 1 aromatic rings. The number of carbonyl (C=O) groups excluding carboxylic acids is 3. The van der Waals surface area contributed by atoms with Crippen molar-refractivity contribution in [1.82, 2.24) is 10.3 Å². The minimum absolute atomic E-state index is 0. The lowest BCUT2D eigenvalue weighted by molar-refractivity contribution is -0.154. The van der Waals surface area contributed by atoms with E-state index >= 15 is 0 Å². The third-order valence-electron chi connectivity index (χ3n) is 5.57. The number of carbonyl (C=O) groups is 3. The van der Waals surface area contributed by atoms with Crippen LogP contribution in [0, 0.1) is 29.1 Å². The normalized spacial score (nSPS) is 16.8. The number of pyridine rings is 1. The highest BCUT2D eigenvalue weighted by atomic mass is 35.5. The summed E-state index contributed by atoms with van der Waals surface area (Å²) >= 11 is 0. The Morgan fingerprint density at radius 2 is 1.70 bits per heavy atom. The second-order valence-electron chi connectivity index (χ2n) is 8.39. The zero-order valence-corrected chi connectivity index (χ0v) is 20.6. The molecule has 0 aromatic carbocycles. The van der Waals surface area contributed by atoms with E-state index in [0.717, 1.165) is 13.1 Å². The summed E-state index contributed by atoms with van der Waals surface area (Å²) in [7, 11) is 2.78. The number of anilines is 1. The van der Waals surface area contributed by atoms with Crippen LogP contribution in [0.5, 0.6) is 0 Å². The third-order valence-corrected chi connectivity index (χ3v) is 5.57. The summed E-state index contributed by atoms with van der Waals surface area (Å²) < 4.78 is 14.3. The van der Waals surface area contributed by atoms with Gasteiger partial charge >= 0.3 is 17.9 Å². The van der Waals surface area contributed by atoms with Gasteiger partial charge in [-0.05, 0) is 33.8 Å². The number of aromatic nitrogens is 1. The van der Waals surface area contributed by atoms with E-state index in [-0.39, 0.29) is 47.5 Å². The molecular weight excluding hydrogens is 452 g/mol. The number of hydrogen-bond donors (Lipinski definition) is 1. The van der Waals surface area contributed by atoms with Gasteiger partial charge in [0.15, 0.2) is 0 Å². The Kier molecular flexibility index (Phi) is 9.63. The number of aryl methyl sites for hydroxylation is 1. The van der Waals surface area contributed by atoms with Crippen LogP contribution in [-0.2, 0) is 23.8 Å². The molecule has 0 unspecified atom stereocenters. The largest absolute Gasteiger partial charge is 0.469 e. The molecule has 10 nitrogen and oxygen atoms in total. The van der Waals surface area contributed by atoms with Crippen LogP contribution in [0.2, 0.25) is 0 Å². The van der Waals surface area contributed by atoms with Gasteiger partial charge in [0.2, 0.25) is 0 Å². The van der Waals surface area contributed by atoms with Gasteiger partial charge in [-0.2, -0.15) is 5.26 Å². The van der Waals surface area contributed by atoms with Crippen molar-refractivity contribution in [2.75, 3.05) is 51.9 Å². The van der Waals surface area contributed by atoms with Crippen LogP contribution < -0.4 is 10.2 Å². The third kappa shape index (κ3) is 5.92. The minimum Gasteiger partial charge on any atom is -0.469 e. The molecule has 2 fully saturated rings. The standard InChI is InChI=1S/C16H19N3O4.C6H11NO2.ClH/c1-5-23-14(20)12-6-11(7-17)13(18-10(12)2)19-8-16(3,9-19)15(21)22-4;1-6(3-7-4-6)5(8)9-2;/h6H,5,8-9H2,1-4H3;7H,3-4H2,1-2H3;1H. The zero-order chi connectivity index (χ0) is 24.1. The van der Waals surface area contributed by atoms with E-state index in [2.05, 4.69) is 21.1 Å². The van der Waals surface area contributed by atoms with Gasteiger partial charge in [-0.1, -0.05) is 0 Å². The first-order valence-electron chi connectivity index (χ1n) is 10.3. The summed E-state index contributed by atoms with van der Waals surface area (Å²) in [6.07, 6.45) is 0. The minimum atomic E-state index is -0.600. The molecule has 1 N–H and O–H groups in total. The molecule has 3 heterocycles. The summed E-state index contributed by atoms with van der Waals surface area (Å²) in [5.41, 5.74) is 0.212. The highest BCUT2D eigenvalue weighted by Crippen LogP contribution is 2.36. The molecule has 0 atom stereocenters. The zero-order valence-electron chi connectivity index (χ0n) is 19.8. The molecule has 0 amide bonds. The fourth-order valence-electron chi connectivity index (χ4n) is 3.54. The summed E-state index contributed by atoms with van der Waals surface area (Å²) in [5.74, 6) is -0.420. The first-order chi connectivity index (χ1) is 15.0. The van der Waals surface area contributed by atoms with Gasteiger partial charge < -0.3 is 24.4 Å². The van der Waals surface area contributed by atoms with Crippen molar-refractivity contribution in [2.45, 2.75) is 27.7 Å².